The lowest BCUT2D eigenvalue weighted by atomic mass is 10.1. The zero-order valence-electron chi connectivity index (χ0n) is 19.4. The molecule has 5 aromatic rings. The molecular weight excluding hydrogens is 440 g/mol. The van der Waals surface area contributed by atoms with Crippen molar-refractivity contribution >= 4 is 22.6 Å². The summed E-state index contributed by atoms with van der Waals surface area (Å²) in [6.07, 6.45) is 5.03. The second-order valence-electron chi connectivity index (χ2n) is 8.50. The number of hydrogen-bond acceptors (Lipinski definition) is 5. The van der Waals surface area contributed by atoms with Crippen molar-refractivity contribution < 1.29 is 4.79 Å². The van der Waals surface area contributed by atoms with Crippen LogP contribution in [0.15, 0.2) is 84.0 Å². The first-order valence-corrected chi connectivity index (χ1v) is 11.3. The van der Waals surface area contributed by atoms with Crippen molar-refractivity contribution in [3.8, 4) is 0 Å². The van der Waals surface area contributed by atoms with Crippen LogP contribution in [-0.4, -0.2) is 24.8 Å². The first-order valence-electron chi connectivity index (χ1n) is 11.3. The maximum Gasteiger partial charge on any atom is 0.267 e. The van der Waals surface area contributed by atoms with Gasteiger partial charge in [0.15, 0.2) is 0 Å². The third-order valence-corrected chi connectivity index (χ3v) is 6.09. The molecule has 0 spiro atoms. The molecule has 1 atom stereocenters. The molecule has 0 aliphatic carbocycles. The number of hydrogen-bond donors (Lipinski definition) is 2. The zero-order valence-corrected chi connectivity index (χ0v) is 19.4. The van der Waals surface area contributed by atoms with Gasteiger partial charge >= 0.3 is 0 Å². The van der Waals surface area contributed by atoms with Crippen molar-refractivity contribution in [1.82, 2.24) is 24.3 Å². The lowest BCUT2D eigenvalue weighted by Gasteiger charge is -2.17. The van der Waals surface area contributed by atoms with Gasteiger partial charge in [0.2, 0.25) is 0 Å². The molecule has 0 bridgehead atoms. The van der Waals surface area contributed by atoms with Gasteiger partial charge in [-0.3, -0.25) is 24.4 Å². The number of nitrogens with one attached hydrogen (secondary N) is 2. The van der Waals surface area contributed by atoms with Crippen LogP contribution in [0.2, 0.25) is 0 Å². The van der Waals surface area contributed by atoms with Crippen molar-refractivity contribution in [3.05, 3.63) is 117 Å². The molecule has 1 amide bonds. The molecule has 2 N–H and O–H groups in total. The Hall–Kier alpha value is -4.59. The van der Waals surface area contributed by atoms with Gasteiger partial charge in [0.05, 0.1) is 23.5 Å². The first kappa shape index (κ1) is 22.2. The molecule has 35 heavy (non-hydrogen) atoms. The minimum atomic E-state index is -0.429. The van der Waals surface area contributed by atoms with Crippen LogP contribution in [0.25, 0.3) is 16.7 Å². The van der Waals surface area contributed by atoms with E-state index in [2.05, 4.69) is 10.3 Å². The Morgan fingerprint density at radius 2 is 1.89 bits per heavy atom. The topological polar surface area (TPSA) is 105 Å². The second-order valence-corrected chi connectivity index (χ2v) is 8.50. The van der Waals surface area contributed by atoms with Gasteiger partial charge in [0, 0.05) is 18.6 Å². The summed E-state index contributed by atoms with van der Waals surface area (Å²) in [5, 5.41) is 12.2. The third kappa shape index (κ3) is 4.10. The summed E-state index contributed by atoms with van der Waals surface area (Å²) in [5.41, 5.74) is 3.27. The van der Waals surface area contributed by atoms with Crippen LogP contribution in [0.3, 0.4) is 0 Å². The molecule has 1 aromatic carbocycles. The maximum atomic E-state index is 13.5. The highest BCUT2D eigenvalue weighted by atomic mass is 16.2. The van der Waals surface area contributed by atoms with Gasteiger partial charge in [0.25, 0.3) is 11.5 Å². The summed E-state index contributed by atoms with van der Waals surface area (Å²) < 4.78 is 3.08. The number of aromatic nitrogens is 4. The summed E-state index contributed by atoms with van der Waals surface area (Å²) in [6.45, 7) is 4.01. The van der Waals surface area contributed by atoms with E-state index in [4.69, 9.17) is 10.4 Å². The molecule has 0 radical (unpaired) electrons. The summed E-state index contributed by atoms with van der Waals surface area (Å²) in [7, 11) is 0. The number of benzene rings is 1. The standard InChI is InChI=1S/C27H24N6O2/c1-17-8-7-13-32-24(17)31-25-22(27(32)35)14-21(23(28)33(25)16-19-9-6-12-29-15-19)26(34)30-18(2)20-10-4-3-5-11-20/h3-15,18,28H,16H2,1-2H3,(H,30,34). The van der Waals surface area contributed by atoms with E-state index in [0.29, 0.717) is 11.3 Å². The summed E-state index contributed by atoms with van der Waals surface area (Å²) in [6, 6.07) is 18.2. The van der Waals surface area contributed by atoms with E-state index in [1.807, 2.05) is 62.4 Å². The minimum Gasteiger partial charge on any atom is -0.345 e. The smallest absolute Gasteiger partial charge is 0.267 e. The number of amides is 1. The maximum absolute atomic E-state index is 13.5. The first-order chi connectivity index (χ1) is 16.9. The molecule has 1 unspecified atom stereocenters. The quantitative estimate of drug-likeness (QED) is 0.389. The number of carbonyl (C=O) groups is 1. The van der Waals surface area contributed by atoms with Crippen molar-refractivity contribution in [2.24, 2.45) is 0 Å². The Kier molecular flexibility index (Phi) is 5.70. The highest BCUT2D eigenvalue weighted by Gasteiger charge is 2.20. The molecular formula is C27H24N6O2. The highest BCUT2D eigenvalue weighted by Crippen LogP contribution is 2.16. The van der Waals surface area contributed by atoms with Crippen LogP contribution >= 0.6 is 0 Å². The Balaban J connectivity index is 1.71. The van der Waals surface area contributed by atoms with E-state index in [9.17, 15) is 9.59 Å². The number of fused-ring (bicyclic) bond motifs is 2. The van der Waals surface area contributed by atoms with Crippen LogP contribution in [0.1, 0.15) is 40.0 Å². The van der Waals surface area contributed by atoms with Crippen LogP contribution in [0.4, 0.5) is 0 Å². The lowest BCUT2D eigenvalue weighted by Crippen LogP contribution is -2.36. The van der Waals surface area contributed by atoms with E-state index in [1.165, 1.54) is 10.5 Å². The average Bonchev–Trinajstić information content (AvgIpc) is 2.87. The van der Waals surface area contributed by atoms with Gasteiger partial charge in [-0.15, -0.1) is 0 Å². The van der Waals surface area contributed by atoms with Crippen molar-refractivity contribution in [1.29, 1.82) is 5.41 Å². The minimum absolute atomic E-state index is 0.0241. The fourth-order valence-corrected chi connectivity index (χ4v) is 4.20. The van der Waals surface area contributed by atoms with E-state index >= 15 is 0 Å². The summed E-state index contributed by atoms with van der Waals surface area (Å²) in [4.78, 5) is 35.7. The van der Waals surface area contributed by atoms with Gasteiger partial charge < -0.3 is 9.88 Å². The largest absolute Gasteiger partial charge is 0.345 e. The van der Waals surface area contributed by atoms with Gasteiger partial charge in [-0.05, 0) is 48.7 Å². The SMILES string of the molecule is Cc1cccn2c(=O)c3cc(C(=O)NC(C)c4ccccc4)c(=N)n(Cc4cccnc4)c3nc12. The Labute approximate surface area is 201 Å². The van der Waals surface area contributed by atoms with Gasteiger partial charge in [0.1, 0.15) is 16.8 Å². The summed E-state index contributed by atoms with van der Waals surface area (Å²) in [5.74, 6) is -0.429. The normalized spacial score (nSPS) is 12.1. The monoisotopic (exact) mass is 464 g/mol. The van der Waals surface area contributed by atoms with E-state index in [-0.39, 0.29) is 34.6 Å². The predicted molar refractivity (Wildman–Crippen MR) is 133 cm³/mol. The van der Waals surface area contributed by atoms with Crippen molar-refractivity contribution in [3.63, 3.8) is 0 Å². The molecule has 8 nitrogen and oxygen atoms in total. The molecule has 0 fully saturated rings. The van der Waals surface area contributed by atoms with Gasteiger partial charge in [-0.25, -0.2) is 4.98 Å². The molecule has 0 aliphatic rings. The zero-order chi connectivity index (χ0) is 24.5. The molecule has 5 rings (SSSR count). The van der Waals surface area contributed by atoms with E-state index < -0.39 is 5.91 Å². The molecule has 0 saturated carbocycles. The number of carbonyl (C=O) groups excluding carboxylic acids is 1. The van der Waals surface area contributed by atoms with Crippen LogP contribution in [-0.2, 0) is 6.54 Å². The average molecular weight is 465 g/mol. The Bertz CT molecular complexity index is 1670. The van der Waals surface area contributed by atoms with E-state index in [1.54, 1.807) is 29.2 Å². The fourth-order valence-electron chi connectivity index (χ4n) is 4.20. The number of aryl methyl sites for hydroxylation is 1. The van der Waals surface area contributed by atoms with Gasteiger partial charge in [-0.1, -0.05) is 42.5 Å². The Morgan fingerprint density at radius 3 is 2.63 bits per heavy atom. The van der Waals surface area contributed by atoms with Crippen LogP contribution in [0, 0.1) is 12.3 Å². The fraction of sp³-hybridized carbons (Fsp3) is 0.148. The number of nitrogens with zero attached hydrogens (tertiary/aromatic N) is 4. The number of pyridine rings is 3. The lowest BCUT2D eigenvalue weighted by molar-refractivity contribution is 0.0937. The molecule has 4 aromatic heterocycles. The van der Waals surface area contributed by atoms with Gasteiger partial charge in [-0.2, -0.15) is 0 Å². The predicted octanol–water partition coefficient (Wildman–Crippen LogP) is 3.37. The molecule has 0 aliphatic heterocycles. The molecule has 4 heterocycles. The number of rotatable bonds is 5. The third-order valence-electron chi connectivity index (χ3n) is 6.09. The van der Waals surface area contributed by atoms with Crippen LogP contribution < -0.4 is 16.4 Å². The summed E-state index contributed by atoms with van der Waals surface area (Å²) >= 11 is 0. The van der Waals surface area contributed by atoms with Crippen molar-refractivity contribution in [2.75, 3.05) is 0 Å². The second kappa shape index (κ2) is 8.98. The van der Waals surface area contributed by atoms with Crippen molar-refractivity contribution in [2.45, 2.75) is 26.4 Å². The van der Waals surface area contributed by atoms with Crippen LogP contribution in [0.5, 0.6) is 0 Å². The molecule has 174 valence electrons. The molecule has 0 saturated heterocycles. The highest BCUT2D eigenvalue weighted by molar-refractivity contribution is 5.97. The molecule has 8 heteroatoms. The Morgan fingerprint density at radius 1 is 1.09 bits per heavy atom. The van der Waals surface area contributed by atoms with E-state index in [0.717, 1.165) is 16.7 Å².